The fourth-order valence-corrected chi connectivity index (χ4v) is 6.18. The number of hydrogen-bond acceptors (Lipinski definition) is 0. The zero-order valence-corrected chi connectivity index (χ0v) is 25.5. The average Bonchev–Trinajstić information content (AvgIpc) is 3.39. The van der Waals surface area contributed by atoms with E-state index in [1.54, 1.807) is 42.5 Å². The Labute approximate surface area is 326 Å². The molecule has 0 aliphatic heterocycles. The normalized spacial score (nSPS) is 18.6. The lowest BCUT2D eigenvalue weighted by Gasteiger charge is -2.20. The van der Waals surface area contributed by atoms with Gasteiger partial charge in [-0.25, -0.2) is 0 Å². The first kappa shape index (κ1) is 13.1. The monoisotopic (exact) mass is 657 g/mol. The maximum absolute atomic E-state index is 10.2. The zero-order valence-electron chi connectivity index (χ0n) is 50.5. The van der Waals surface area contributed by atoms with Crippen LogP contribution in [0.25, 0.3) is 98.4 Å². The molecule has 0 heteroatoms. The highest BCUT2D eigenvalue weighted by Gasteiger charge is 2.19. The van der Waals surface area contributed by atoms with E-state index in [-0.39, 0.29) is 16.5 Å². The minimum absolute atomic E-state index is 0.148. The van der Waals surface area contributed by atoms with E-state index in [1.165, 1.54) is 0 Å². The van der Waals surface area contributed by atoms with Crippen molar-refractivity contribution in [1.29, 1.82) is 0 Å². The molecule has 0 saturated heterocycles. The molecule has 0 radical (unpaired) electrons. The van der Waals surface area contributed by atoms with E-state index >= 15 is 0 Å². The van der Waals surface area contributed by atoms with E-state index in [4.69, 9.17) is 17.8 Å². The molecule has 0 fully saturated rings. The Hall–Kier alpha value is -6.50. The van der Waals surface area contributed by atoms with Crippen LogP contribution < -0.4 is 0 Å². The number of fused-ring (bicyclic) bond motifs is 5. The fourth-order valence-electron chi connectivity index (χ4n) is 6.18. The quantitative estimate of drug-likeness (QED) is 0.165. The van der Waals surface area contributed by atoms with Crippen molar-refractivity contribution in [2.75, 3.05) is 0 Å². The Morgan fingerprint density at radius 1 is 0.280 bits per heavy atom. The first-order valence-electron chi connectivity index (χ1n) is 27.8. The summed E-state index contributed by atoms with van der Waals surface area (Å²) in [5, 5.41) is -2.97. The molecule has 0 bridgehead atoms. The third-order valence-electron chi connectivity index (χ3n) is 8.43. The lowest BCUT2D eigenvalue weighted by atomic mass is 9.83. The van der Waals surface area contributed by atoms with Gasteiger partial charge in [-0.2, -0.15) is 0 Å². The van der Waals surface area contributed by atoms with Gasteiger partial charge < -0.3 is 0 Å². The first-order valence-corrected chi connectivity index (χ1v) is 15.3. The van der Waals surface area contributed by atoms with Gasteiger partial charge in [0.05, 0.1) is 34.3 Å². The molecule has 0 heterocycles. The molecule has 0 unspecified atom stereocenters. The molecule has 0 aromatic heterocycles. The number of rotatable bonds is 4. The van der Waals surface area contributed by atoms with E-state index in [9.17, 15) is 16.4 Å². The van der Waals surface area contributed by atoms with E-state index in [1.807, 2.05) is 0 Å². The highest BCUT2D eigenvalue weighted by atomic mass is 14.2. The van der Waals surface area contributed by atoms with Crippen molar-refractivity contribution in [2.45, 2.75) is 0 Å². The number of hydrogen-bond donors (Lipinski definition) is 0. The summed E-state index contributed by atoms with van der Waals surface area (Å²) >= 11 is 0. The van der Waals surface area contributed by atoms with Crippen LogP contribution in [0.1, 0.15) is 34.3 Å². The Kier molecular flexibility index (Phi) is 3.03. The minimum atomic E-state index is -1.03. The van der Waals surface area contributed by atoms with Crippen LogP contribution in [0.15, 0.2) is 194 Å². The Balaban J connectivity index is 1.48. The Morgan fingerprint density at radius 3 is 1.50 bits per heavy atom. The molecule has 0 amide bonds. The molecule has 0 saturated carbocycles. The van der Waals surface area contributed by atoms with Gasteiger partial charge in [0.1, 0.15) is 0 Å². The molecule has 0 nitrogen and oxygen atoms in total. The molecule has 0 atom stereocenters. The van der Waals surface area contributed by atoms with Gasteiger partial charge in [-0.05, 0) is 116 Å². The van der Waals surface area contributed by atoms with Crippen LogP contribution in [0.4, 0.5) is 0 Å². The van der Waals surface area contributed by atoms with E-state index in [2.05, 4.69) is 0 Å². The standard InChI is InChI=1S/C50H32/c1-3-13-38-30-40(26-22-33(38)10-1)35-20-24-37(25-21-35)49-45-17-7-8-18-46(45)50(44-19-9-15-36-12-5-6-16-43(36)44)47-29-28-42(32-48(47)49)41-27-23-34-11-2-4-14-39(34)31-41/h1-32H/i1D,2D,3D,4D,7D,8D,10D,11D,13D,14D,17D,18D,20D,21D,22D,23D,24D,25D,26D,27D,28D,29D,30D,31D,32D. The van der Waals surface area contributed by atoms with Gasteiger partial charge in [0, 0.05) is 0 Å². The van der Waals surface area contributed by atoms with Gasteiger partial charge in [0.15, 0.2) is 0 Å². The smallest absolute Gasteiger partial charge is 0.0616 e. The van der Waals surface area contributed by atoms with Crippen molar-refractivity contribution in [3.8, 4) is 44.5 Å². The Morgan fingerprint density at radius 2 is 0.780 bits per heavy atom. The topological polar surface area (TPSA) is 0 Å². The van der Waals surface area contributed by atoms with Crippen LogP contribution in [-0.2, 0) is 0 Å². The molecule has 10 aromatic rings. The van der Waals surface area contributed by atoms with Crippen molar-refractivity contribution in [1.82, 2.24) is 0 Å². The lowest BCUT2D eigenvalue weighted by Crippen LogP contribution is -1.92. The highest BCUT2D eigenvalue weighted by molar-refractivity contribution is 6.24. The molecule has 0 N–H and O–H groups in total. The molecular weight excluding hydrogens is 601 g/mol. The van der Waals surface area contributed by atoms with Crippen LogP contribution in [0.5, 0.6) is 0 Å². The van der Waals surface area contributed by atoms with Crippen molar-refractivity contribution >= 4 is 53.9 Å². The first-order chi connectivity index (χ1) is 35.2. The second-order valence-corrected chi connectivity index (χ2v) is 11.3. The second kappa shape index (κ2) is 11.6. The molecule has 50 heavy (non-hydrogen) atoms. The van der Waals surface area contributed by atoms with Gasteiger partial charge in [-0.15, -0.1) is 0 Å². The highest BCUT2D eigenvalue weighted by Crippen LogP contribution is 2.46. The van der Waals surface area contributed by atoms with E-state index in [0.29, 0.717) is 10.8 Å². The van der Waals surface area contributed by atoms with Crippen molar-refractivity contribution in [3.05, 3.63) is 194 Å². The van der Waals surface area contributed by atoms with E-state index in [0.717, 1.165) is 0 Å². The summed E-state index contributed by atoms with van der Waals surface area (Å²) in [6, 6.07) is -9.57. The van der Waals surface area contributed by atoms with Gasteiger partial charge in [-0.1, -0.05) is 175 Å². The SMILES string of the molecule is [2H]c1c([2H])c(-c2c3c([2H])c([2H])c([2H])c([2H])c3c(-c3cccc4ccccc34)c3c([2H])c([2H])c(-c4c([2H])c([2H])c5c([2H])c([2H])c([2H])c([2H])c5c4[2H])c([2H])c23)c([2H])c([2H])c1-c1c([2H])c([2H])c2c([2H])c([2H])c([2H])c([2H])c2c1[2H]. The summed E-state index contributed by atoms with van der Waals surface area (Å²) in [6.45, 7) is 0. The summed E-state index contributed by atoms with van der Waals surface area (Å²) in [4.78, 5) is 0. The summed E-state index contributed by atoms with van der Waals surface area (Å²) in [7, 11) is 0. The third-order valence-corrected chi connectivity index (χ3v) is 8.43. The van der Waals surface area contributed by atoms with Crippen molar-refractivity contribution in [3.63, 3.8) is 0 Å². The van der Waals surface area contributed by atoms with Crippen LogP contribution in [0.3, 0.4) is 0 Å². The summed E-state index contributed by atoms with van der Waals surface area (Å²) < 4.78 is 228. The predicted octanol–water partition coefficient (Wildman–Crippen LogP) is 14.1. The molecule has 0 spiro atoms. The maximum Gasteiger partial charge on any atom is 0.0636 e. The molecule has 10 rings (SSSR count). The van der Waals surface area contributed by atoms with Crippen molar-refractivity contribution < 1.29 is 34.3 Å². The molecule has 0 aliphatic carbocycles. The average molecular weight is 658 g/mol. The van der Waals surface area contributed by atoms with Gasteiger partial charge in [-0.3, -0.25) is 0 Å². The van der Waals surface area contributed by atoms with Crippen LogP contribution in [0.2, 0.25) is 0 Å². The van der Waals surface area contributed by atoms with Gasteiger partial charge in [0.25, 0.3) is 0 Å². The second-order valence-electron chi connectivity index (χ2n) is 11.3. The van der Waals surface area contributed by atoms with Crippen molar-refractivity contribution in [2.24, 2.45) is 0 Å². The van der Waals surface area contributed by atoms with Crippen LogP contribution >= 0.6 is 0 Å². The fraction of sp³-hybridized carbons (Fsp3) is 0. The third kappa shape index (κ3) is 4.69. The molecule has 232 valence electrons. The molecular formula is C50H32. The molecule has 10 aromatic carbocycles. The van der Waals surface area contributed by atoms with Gasteiger partial charge in [0.2, 0.25) is 0 Å². The molecule has 0 aliphatic rings. The predicted molar refractivity (Wildman–Crippen MR) is 216 cm³/mol. The zero-order chi connectivity index (χ0) is 54.8. The Bertz CT molecular complexity index is 4320. The summed E-state index contributed by atoms with van der Waals surface area (Å²) in [5.74, 6) is 0. The summed E-state index contributed by atoms with van der Waals surface area (Å²) in [5.41, 5.74) is -4.35. The van der Waals surface area contributed by atoms with Crippen LogP contribution in [0, 0.1) is 0 Å². The van der Waals surface area contributed by atoms with E-state index < -0.39 is 222 Å². The lowest BCUT2D eigenvalue weighted by molar-refractivity contribution is 1.62. The van der Waals surface area contributed by atoms with Crippen LogP contribution in [-0.4, -0.2) is 0 Å². The summed E-state index contributed by atoms with van der Waals surface area (Å²) in [6.07, 6.45) is 0. The number of benzene rings is 10. The largest absolute Gasteiger partial charge is 0.0636 e. The minimum Gasteiger partial charge on any atom is -0.0616 e. The maximum atomic E-state index is 10.2. The van der Waals surface area contributed by atoms with Gasteiger partial charge >= 0.3 is 0 Å².